The van der Waals surface area contributed by atoms with Crippen LogP contribution in [0.5, 0.6) is 0 Å². The second kappa shape index (κ2) is 8.77. The predicted molar refractivity (Wildman–Crippen MR) is 183 cm³/mol. The Morgan fingerprint density at radius 3 is 2.11 bits per heavy atom. The van der Waals surface area contributed by atoms with Crippen LogP contribution in [0.2, 0.25) is 0 Å². The molecule has 0 saturated heterocycles. The van der Waals surface area contributed by atoms with E-state index in [0.717, 1.165) is 49.6 Å². The SMILES string of the molecule is Cc1ccc2c3c(ccc4c5ccccc5oc43)c3c([n+]2c1)C1(c2ccccc2-c2cccc[n+]2-3)c2ccccc2-c2cccc[n+]21. The smallest absolute Gasteiger partial charge is 0.342 e. The summed E-state index contributed by atoms with van der Waals surface area (Å²) in [5, 5.41) is 4.54. The number of para-hydroxylation sites is 1. The minimum atomic E-state index is -0.682. The first-order valence-corrected chi connectivity index (χ1v) is 16.2. The molecule has 7 heterocycles. The lowest BCUT2D eigenvalue weighted by molar-refractivity contribution is -0.738. The summed E-state index contributed by atoms with van der Waals surface area (Å²) in [5.74, 6) is 0. The third-order valence-corrected chi connectivity index (χ3v) is 10.5. The number of hydrogen-bond donors (Lipinski definition) is 0. The van der Waals surface area contributed by atoms with Gasteiger partial charge in [-0.2, -0.15) is 13.5 Å². The molecule has 4 nitrogen and oxygen atoms in total. The molecule has 0 N–H and O–H groups in total. The van der Waals surface area contributed by atoms with Crippen molar-refractivity contribution in [3.05, 3.63) is 174 Å². The molecule has 0 amide bonds. The summed E-state index contributed by atoms with van der Waals surface area (Å²) in [6, 6.07) is 48.6. The zero-order chi connectivity index (χ0) is 30.9. The van der Waals surface area contributed by atoms with Crippen LogP contribution in [0, 0.1) is 6.92 Å². The Hall–Kier alpha value is -6.13. The van der Waals surface area contributed by atoms with E-state index in [-0.39, 0.29) is 0 Å². The van der Waals surface area contributed by atoms with E-state index in [1.54, 1.807) is 0 Å². The topological polar surface area (TPSA) is 25.0 Å². The van der Waals surface area contributed by atoms with Gasteiger partial charge in [0.25, 0.3) is 5.69 Å². The predicted octanol–water partition coefficient (Wildman–Crippen LogP) is 8.15. The Balaban J connectivity index is 1.49. The molecule has 0 aliphatic carbocycles. The second-order valence-corrected chi connectivity index (χ2v) is 12.8. The number of pyridine rings is 4. The highest BCUT2D eigenvalue weighted by molar-refractivity contribution is 6.20. The van der Waals surface area contributed by atoms with Crippen molar-refractivity contribution in [2.75, 3.05) is 0 Å². The zero-order valence-electron chi connectivity index (χ0n) is 25.7. The standard InChI is InChI=1S/C43H28N3O/c1-27-20-23-37-39-32(22-21-29-28-12-4-7-19-38(28)47-41(29)39)40-42(45(37)26-27)43(33-15-5-2-13-30(33)35-17-8-10-24-44(35)40)34-16-6-3-14-31(34)36-18-9-11-25-46(36)43/h2-26H,1H3/q+3. The summed E-state index contributed by atoms with van der Waals surface area (Å²) in [6.45, 7) is 2.19. The number of nitrogens with zero attached hydrogens (tertiary/aromatic N) is 3. The van der Waals surface area contributed by atoms with E-state index in [1.807, 2.05) is 0 Å². The van der Waals surface area contributed by atoms with Crippen LogP contribution in [0.4, 0.5) is 0 Å². The summed E-state index contributed by atoms with van der Waals surface area (Å²) >= 11 is 0. The summed E-state index contributed by atoms with van der Waals surface area (Å²) < 4.78 is 14.2. The normalized spacial score (nSPS) is 15.9. The quantitative estimate of drug-likeness (QED) is 0.127. The van der Waals surface area contributed by atoms with Crippen molar-refractivity contribution in [3.8, 4) is 28.2 Å². The fraction of sp³-hybridized carbons (Fsp3) is 0.0465. The van der Waals surface area contributed by atoms with Gasteiger partial charge in [-0.3, -0.25) is 0 Å². The average molecular weight is 603 g/mol. The first kappa shape index (κ1) is 25.1. The Labute approximate surface area is 270 Å². The molecule has 218 valence electrons. The average Bonchev–Trinajstić information content (AvgIpc) is 3.61. The fourth-order valence-corrected chi connectivity index (χ4v) is 8.70. The second-order valence-electron chi connectivity index (χ2n) is 12.8. The van der Waals surface area contributed by atoms with Gasteiger partial charge in [-0.25, -0.2) is 0 Å². The van der Waals surface area contributed by atoms with Gasteiger partial charge in [0.15, 0.2) is 18.6 Å². The van der Waals surface area contributed by atoms with Crippen LogP contribution in [0.1, 0.15) is 22.4 Å². The van der Waals surface area contributed by atoms with E-state index in [9.17, 15) is 0 Å². The summed E-state index contributed by atoms with van der Waals surface area (Å²) in [4.78, 5) is 0. The van der Waals surface area contributed by atoms with Crippen molar-refractivity contribution in [1.29, 1.82) is 0 Å². The highest BCUT2D eigenvalue weighted by Crippen LogP contribution is 2.51. The van der Waals surface area contributed by atoms with Gasteiger partial charge >= 0.3 is 11.2 Å². The minimum Gasteiger partial charge on any atom is -0.455 e. The molecule has 1 spiro atoms. The number of benzene rings is 4. The van der Waals surface area contributed by atoms with Crippen LogP contribution >= 0.6 is 0 Å². The van der Waals surface area contributed by atoms with Crippen molar-refractivity contribution in [2.24, 2.45) is 0 Å². The van der Waals surface area contributed by atoms with E-state index < -0.39 is 5.54 Å². The van der Waals surface area contributed by atoms with E-state index in [2.05, 4.69) is 173 Å². The first-order chi connectivity index (χ1) is 23.2. The van der Waals surface area contributed by atoms with Gasteiger partial charge in [0.1, 0.15) is 16.6 Å². The summed E-state index contributed by atoms with van der Waals surface area (Å²) in [5.41, 5.74) is 13.1. The fourth-order valence-electron chi connectivity index (χ4n) is 8.70. The highest BCUT2D eigenvalue weighted by Gasteiger charge is 2.65. The number of fused-ring (bicyclic) bond motifs is 21. The summed E-state index contributed by atoms with van der Waals surface area (Å²) in [6.07, 6.45) is 6.81. The maximum atomic E-state index is 6.78. The van der Waals surface area contributed by atoms with Gasteiger partial charge in [0.2, 0.25) is 16.9 Å². The van der Waals surface area contributed by atoms with Gasteiger partial charge in [-0.05, 0) is 55.5 Å². The molecular weight excluding hydrogens is 574 g/mol. The van der Waals surface area contributed by atoms with Gasteiger partial charge in [-0.1, -0.05) is 54.6 Å². The van der Waals surface area contributed by atoms with Gasteiger partial charge in [0.05, 0.1) is 27.6 Å². The summed E-state index contributed by atoms with van der Waals surface area (Å²) in [7, 11) is 0. The minimum absolute atomic E-state index is 0.682. The lowest BCUT2D eigenvalue weighted by Crippen LogP contribution is -2.61. The Bertz CT molecular complexity index is 2780. The van der Waals surface area contributed by atoms with Crippen LogP contribution in [0.25, 0.3) is 66.4 Å². The monoisotopic (exact) mass is 602 g/mol. The molecule has 4 heteroatoms. The molecule has 0 saturated carbocycles. The molecular formula is C43H28N3O+3. The van der Waals surface area contributed by atoms with Crippen LogP contribution < -0.4 is 13.5 Å². The van der Waals surface area contributed by atoms with Gasteiger partial charge in [0, 0.05) is 46.7 Å². The molecule has 11 rings (SSSR count). The van der Waals surface area contributed by atoms with Crippen molar-refractivity contribution in [1.82, 2.24) is 0 Å². The van der Waals surface area contributed by atoms with E-state index in [4.69, 9.17) is 4.42 Å². The maximum Gasteiger partial charge on any atom is 0.342 e. The van der Waals surface area contributed by atoms with Crippen molar-refractivity contribution >= 4 is 38.2 Å². The van der Waals surface area contributed by atoms with Crippen molar-refractivity contribution in [3.63, 3.8) is 0 Å². The molecule has 1 atom stereocenters. The van der Waals surface area contributed by atoms with Crippen LogP contribution in [-0.2, 0) is 5.54 Å². The molecule has 0 bridgehead atoms. The zero-order valence-corrected chi connectivity index (χ0v) is 25.7. The van der Waals surface area contributed by atoms with Crippen molar-refractivity contribution < 1.29 is 18.0 Å². The molecule has 2 aliphatic rings. The van der Waals surface area contributed by atoms with Crippen LogP contribution in [0.15, 0.2) is 156 Å². The molecule has 5 aromatic heterocycles. The third-order valence-electron chi connectivity index (χ3n) is 10.5. The largest absolute Gasteiger partial charge is 0.455 e. The van der Waals surface area contributed by atoms with Gasteiger partial charge < -0.3 is 4.42 Å². The lowest BCUT2D eigenvalue weighted by Gasteiger charge is -2.24. The van der Waals surface area contributed by atoms with Crippen LogP contribution in [0.3, 0.4) is 0 Å². The van der Waals surface area contributed by atoms with Crippen LogP contribution in [-0.4, -0.2) is 0 Å². The van der Waals surface area contributed by atoms with Gasteiger partial charge in [-0.15, -0.1) is 0 Å². The highest BCUT2D eigenvalue weighted by atomic mass is 16.3. The molecule has 4 aromatic carbocycles. The van der Waals surface area contributed by atoms with E-state index in [1.165, 1.54) is 39.2 Å². The third kappa shape index (κ3) is 2.96. The molecule has 9 aromatic rings. The Morgan fingerprint density at radius 1 is 0.574 bits per heavy atom. The molecule has 1 unspecified atom stereocenters. The number of hydrogen-bond acceptors (Lipinski definition) is 1. The van der Waals surface area contributed by atoms with Crippen molar-refractivity contribution in [2.45, 2.75) is 12.5 Å². The molecule has 2 aliphatic heterocycles. The number of rotatable bonds is 0. The first-order valence-electron chi connectivity index (χ1n) is 16.2. The number of furan rings is 1. The number of aromatic nitrogens is 3. The molecule has 0 fully saturated rings. The molecule has 47 heavy (non-hydrogen) atoms. The Morgan fingerprint density at radius 2 is 1.26 bits per heavy atom. The number of aryl methyl sites for hydroxylation is 1. The molecule has 0 radical (unpaired) electrons. The lowest BCUT2D eigenvalue weighted by atomic mass is 9.76. The Kier molecular flexibility index (Phi) is 4.69. The van der Waals surface area contributed by atoms with E-state index >= 15 is 0 Å². The van der Waals surface area contributed by atoms with E-state index in [0.29, 0.717) is 0 Å². The maximum absolute atomic E-state index is 6.78.